The van der Waals surface area contributed by atoms with Crippen molar-refractivity contribution in [3.05, 3.63) is 114 Å². The molecule has 0 N–H and O–H groups in total. The topological polar surface area (TPSA) is 42.3 Å². The number of allylic oxidation sites excluding steroid dienone is 2. The predicted molar refractivity (Wildman–Crippen MR) is 186 cm³/mol. The Bertz CT molecular complexity index is 2020. The Morgan fingerprint density at radius 3 is 2.66 bits per heavy atom. The first-order valence-electron chi connectivity index (χ1n) is 15.9. The summed E-state index contributed by atoms with van der Waals surface area (Å²) in [6.07, 6.45) is 9.27. The zero-order valence-electron chi connectivity index (χ0n) is 26.9. The second-order valence-corrected chi connectivity index (χ2v) is 19.1. The molecule has 0 fully saturated rings. The molecule has 0 aliphatic carbocycles. The molecule has 44 heavy (non-hydrogen) atoms. The standard InChI is InChI=1S/C39H42N3OSi/c1-9-31-36-26(21-40-37-35-24(4)13-12-16-33(35)43-39(36)37)17-18-30-28-14-10-11-15-29(28)32-20-27(19-23(2)3)34(44(6,7)8)22-42(32)38(30)25(5)41-31/h9-16,20-23,30,38H,1,5,17-19H2,2-4,6-8H3/q+1/b41-31-. The summed E-state index contributed by atoms with van der Waals surface area (Å²) in [7, 11) is -1.65. The van der Waals surface area contributed by atoms with E-state index in [9.17, 15) is 0 Å². The number of aliphatic imine (C=N–C) groups is 1. The average Bonchev–Trinajstić information content (AvgIpc) is 3.38. The number of aromatic nitrogens is 2. The molecule has 0 spiro atoms. The van der Waals surface area contributed by atoms with Crippen LogP contribution in [0, 0.1) is 12.8 Å². The van der Waals surface area contributed by atoms with Gasteiger partial charge in [-0.3, -0.25) is 4.98 Å². The summed E-state index contributed by atoms with van der Waals surface area (Å²) in [5, 5.41) is 2.59. The van der Waals surface area contributed by atoms with Crippen molar-refractivity contribution < 1.29 is 8.98 Å². The number of rotatable bonds is 4. The summed E-state index contributed by atoms with van der Waals surface area (Å²) >= 11 is 0. The lowest BCUT2D eigenvalue weighted by Crippen LogP contribution is -2.54. The van der Waals surface area contributed by atoms with Crippen LogP contribution in [0.15, 0.2) is 95.3 Å². The van der Waals surface area contributed by atoms with Crippen LogP contribution >= 0.6 is 0 Å². The van der Waals surface area contributed by atoms with E-state index in [2.05, 4.69) is 94.2 Å². The molecule has 7 rings (SSSR count). The van der Waals surface area contributed by atoms with Crippen molar-refractivity contribution in [1.82, 2.24) is 4.98 Å². The summed E-state index contributed by atoms with van der Waals surface area (Å²) in [6, 6.07) is 17.6. The minimum atomic E-state index is -1.65. The molecule has 2 unspecified atom stereocenters. The number of benzene rings is 2. The fourth-order valence-corrected chi connectivity index (χ4v) is 9.28. The lowest BCUT2D eigenvalue weighted by atomic mass is 9.78. The quantitative estimate of drug-likeness (QED) is 0.154. The van der Waals surface area contributed by atoms with Gasteiger partial charge in [0.2, 0.25) is 11.7 Å². The molecule has 0 amide bonds. The molecule has 2 aliphatic rings. The molecule has 222 valence electrons. The highest BCUT2D eigenvalue weighted by atomic mass is 28.3. The van der Waals surface area contributed by atoms with Gasteiger partial charge in [0.15, 0.2) is 11.8 Å². The van der Waals surface area contributed by atoms with Crippen molar-refractivity contribution in [3.63, 3.8) is 0 Å². The molecule has 3 aromatic heterocycles. The molecular weight excluding hydrogens is 555 g/mol. The van der Waals surface area contributed by atoms with Crippen molar-refractivity contribution in [2.24, 2.45) is 10.9 Å². The van der Waals surface area contributed by atoms with Gasteiger partial charge in [-0.2, -0.15) is 4.57 Å². The molecule has 0 saturated heterocycles. The number of hydrogen-bond acceptors (Lipinski definition) is 3. The number of hydrogen-bond donors (Lipinski definition) is 0. The highest BCUT2D eigenvalue weighted by molar-refractivity contribution is 6.89. The molecule has 5 heterocycles. The molecule has 2 atom stereocenters. The Morgan fingerprint density at radius 2 is 1.91 bits per heavy atom. The fraction of sp³-hybridized carbons (Fsp3) is 0.308. The Balaban J connectivity index is 1.48. The minimum absolute atomic E-state index is 0.00581. The predicted octanol–water partition coefficient (Wildman–Crippen LogP) is 8.76. The third-order valence-corrected chi connectivity index (χ3v) is 11.6. The van der Waals surface area contributed by atoms with Gasteiger partial charge in [0.1, 0.15) is 16.8 Å². The van der Waals surface area contributed by atoms with Crippen LogP contribution in [0.2, 0.25) is 19.6 Å². The summed E-state index contributed by atoms with van der Waals surface area (Å²) in [5.74, 6) is 0.807. The molecule has 0 bridgehead atoms. The molecule has 0 saturated carbocycles. The molecule has 5 aromatic rings. The Kier molecular flexibility index (Phi) is 6.85. The summed E-state index contributed by atoms with van der Waals surface area (Å²) in [4.78, 5) is 10.3. The Labute approximate surface area is 261 Å². The zero-order valence-corrected chi connectivity index (χ0v) is 27.9. The van der Waals surface area contributed by atoms with E-state index in [-0.39, 0.29) is 12.0 Å². The van der Waals surface area contributed by atoms with Crippen molar-refractivity contribution in [1.29, 1.82) is 0 Å². The van der Waals surface area contributed by atoms with Crippen LogP contribution in [0.5, 0.6) is 0 Å². The second kappa shape index (κ2) is 10.5. The second-order valence-electron chi connectivity index (χ2n) is 14.1. The van der Waals surface area contributed by atoms with Gasteiger partial charge in [-0.1, -0.05) is 77.0 Å². The molecule has 0 radical (unpaired) electrons. The van der Waals surface area contributed by atoms with E-state index in [1.807, 2.05) is 24.4 Å². The maximum absolute atomic E-state index is 6.54. The minimum Gasteiger partial charge on any atom is -0.454 e. The van der Waals surface area contributed by atoms with E-state index >= 15 is 0 Å². The number of furan rings is 1. The van der Waals surface area contributed by atoms with Crippen molar-refractivity contribution in [3.8, 4) is 11.3 Å². The number of aryl methyl sites for hydroxylation is 2. The van der Waals surface area contributed by atoms with Crippen LogP contribution < -0.4 is 9.75 Å². The normalized spacial score (nSPS) is 19.3. The summed E-state index contributed by atoms with van der Waals surface area (Å²) < 4.78 is 9.06. The van der Waals surface area contributed by atoms with Gasteiger partial charge in [0, 0.05) is 34.0 Å². The third kappa shape index (κ3) is 4.52. The van der Waals surface area contributed by atoms with Gasteiger partial charge < -0.3 is 4.42 Å². The molecule has 4 nitrogen and oxygen atoms in total. The summed E-state index contributed by atoms with van der Waals surface area (Å²) in [5.41, 5.74) is 12.9. The van der Waals surface area contributed by atoms with Gasteiger partial charge in [0.25, 0.3) is 0 Å². The molecule has 2 aliphatic heterocycles. The van der Waals surface area contributed by atoms with E-state index in [0.717, 1.165) is 69.4 Å². The van der Waals surface area contributed by atoms with Gasteiger partial charge >= 0.3 is 0 Å². The largest absolute Gasteiger partial charge is 0.454 e. The van der Waals surface area contributed by atoms with Crippen molar-refractivity contribution >= 4 is 41.0 Å². The maximum Gasteiger partial charge on any atom is 0.213 e. The highest BCUT2D eigenvalue weighted by Gasteiger charge is 2.44. The SMILES string of the molecule is C=C/C1=N/C(=C)C2C(CCc3cnc4c(oc5cccc(C)c54)c31)c1ccccc1-c1cc(CC(C)C)c([Si](C)(C)C)c[n+]12. The maximum atomic E-state index is 6.54. The van der Waals surface area contributed by atoms with Gasteiger partial charge in [-0.05, 0) is 72.6 Å². The van der Waals surface area contributed by atoms with E-state index in [1.54, 1.807) is 0 Å². The molecule has 5 heteroatoms. The first kappa shape index (κ1) is 28.7. The Morgan fingerprint density at radius 1 is 1.11 bits per heavy atom. The van der Waals surface area contributed by atoms with Crippen LogP contribution in [0.4, 0.5) is 0 Å². The third-order valence-electron chi connectivity index (χ3n) is 9.53. The zero-order chi connectivity index (χ0) is 30.9. The lowest BCUT2D eigenvalue weighted by Gasteiger charge is -2.32. The van der Waals surface area contributed by atoms with E-state index < -0.39 is 8.07 Å². The van der Waals surface area contributed by atoms with Crippen LogP contribution in [-0.4, -0.2) is 18.8 Å². The first-order chi connectivity index (χ1) is 21.1. The Hall–Kier alpha value is -4.09. The fourth-order valence-electron chi connectivity index (χ4n) is 7.62. The average molecular weight is 597 g/mol. The molecule has 2 aromatic carbocycles. The van der Waals surface area contributed by atoms with Gasteiger partial charge in [0.05, 0.1) is 19.7 Å². The van der Waals surface area contributed by atoms with Crippen LogP contribution in [-0.2, 0) is 12.8 Å². The van der Waals surface area contributed by atoms with Crippen molar-refractivity contribution in [2.45, 2.75) is 71.6 Å². The highest BCUT2D eigenvalue weighted by Crippen LogP contribution is 2.45. The number of fused-ring (bicyclic) bond motifs is 11. The first-order valence-corrected chi connectivity index (χ1v) is 19.4. The van der Waals surface area contributed by atoms with E-state index in [0.29, 0.717) is 5.92 Å². The lowest BCUT2D eigenvalue weighted by molar-refractivity contribution is -0.708. The van der Waals surface area contributed by atoms with Crippen LogP contribution in [0.3, 0.4) is 0 Å². The van der Waals surface area contributed by atoms with Crippen LogP contribution in [0.25, 0.3) is 33.3 Å². The number of pyridine rings is 2. The monoisotopic (exact) mass is 596 g/mol. The van der Waals surface area contributed by atoms with Gasteiger partial charge in [-0.15, -0.1) is 0 Å². The van der Waals surface area contributed by atoms with E-state index in [4.69, 9.17) is 21.0 Å². The molecular formula is C39H42N3OSi+. The van der Waals surface area contributed by atoms with E-state index in [1.165, 1.54) is 27.6 Å². The van der Waals surface area contributed by atoms with Crippen molar-refractivity contribution in [2.75, 3.05) is 0 Å². The number of nitrogens with zero attached hydrogens (tertiary/aromatic N) is 3. The van der Waals surface area contributed by atoms with Gasteiger partial charge in [-0.25, -0.2) is 4.99 Å². The smallest absolute Gasteiger partial charge is 0.213 e. The van der Waals surface area contributed by atoms with Crippen LogP contribution in [0.1, 0.15) is 60.0 Å². The summed E-state index contributed by atoms with van der Waals surface area (Å²) in [6.45, 7) is 23.1.